The molecule has 0 radical (unpaired) electrons. The summed E-state index contributed by atoms with van der Waals surface area (Å²) in [7, 11) is 3.79. The van der Waals surface area contributed by atoms with Gasteiger partial charge in [0.15, 0.2) is 0 Å². The van der Waals surface area contributed by atoms with Crippen molar-refractivity contribution in [3.05, 3.63) is 56.8 Å². The molecule has 1 aliphatic carbocycles. The molecule has 1 aliphatic heterocycles. The van der Waals surface area contributed by atoms with Gasteiger partial charge in [-0.1, -0.05) is 12.1 Å². The van der Waals surface area contributed by atoms with E-state index >= 15 is 0 Å². The third-order valence-electron chi connectivity index (χ3n) is 3.37. The second-order valence-electron chi connectivity index (χ2n) is 4.39. The Labute approximate surface area is 103 Å². The van der Waals surface area contributed by atoms with Crippen LogP contribution in [0.1, 0.15) is 0 Å². The molecule has 0 spiro atoms. The number of hydrogen-bond donors (Lipinski definition) is 0. The predicted molar refractivity (Wildman–Crippen MR) is 71.1 cm³/mol. The zero-order valence-corrected chi connectivity index (χ0v) is 10.2. The summed E-state index contributed by atoms with van der Waals surface area (Å²) >= 11 is 0. The van der Waals surface area contributed by atoms with Gasteiger partial charge in [-0.2, -0.15) is 0 Å². The van der Waals surface area contributed by atoms with Gasteiger partial charge in [0, 0.05) is 26.2 Å². The third-order valence-corrected chi connectivity index (χ3v) is 3.37. The summed E-state index contributed by atoms with van der Waals surface area (Å²) in [5.74, 6) is 0. The quantitative estimate of drug-likeness (QED) is 0.439. The van der Waals surface area contributed by atoms with E-state index in [-0.39, 0.29) is 0 Å². The lowest BCUT2D eigenvalue weighted by Gasteiger charge is -2.19. The molecule has 1 aromatic carbocycles. The summed E-state index contributed by atoms with van der Waals surface area (Å²) in [6.45, 7) is 0. The molecule has 90 valence electrons. The van der Waals surface area contributed by atoms with Crippen LogP contribution in [0.5, 0.6) is 0 Å². The Bertz CT molecular complexity index is 772. The average molecular weight is 240 g/mol. The molecule has 0 bridgehead atoms. The molecule has 3 rings (SSSR count). The molecule has 0 amide bonds. The summed E-state index contributed by atoms with van der Waals surface area (Å²) in [4.78, 5) is 23.0. The third kappa shape index (κ3) is 1.32. The fraction of sp³-hybridized carbons (Fsp3) is 0.143. The molecule has 0 saturated heterocycles. The number of rotatable bonds is 0. The summed E-state index contributed by atoms with van der Waals surface area (Å²) < 4.78 is 3.87. The Hall–Kier alpha value is -2.36. The van der Waals surface area contributed by atoms with E-state index in [0.29, 0.717) is 0 Å². The molecule has 0 unspecified atom stereocenters. The number of para-hydroxylation sites is 2. The molecule has 18 heavy (non-hydrogen) atoms. The first-order chi connectivity index (χ1) is 8.59. The SMILES string of the molecule is Cn1c2cc(=O)c(=O)cc-2n(C)c2ccccc21. The average Bonchev–Trinajstić information content (AvgIpc) is 2.38. The minimum Gasteiger partial charge on any atom is -0.341 e. The highest BCUT2D eigenvalue weighted by Crippen LogP contribution is 2.24. The Morgan fingerprint density at radius 1 is 0.778 bits per heavy atom. The van der Waals surface area contributed by atoms with Gasteiger partial charge in [0.1, 0.15) is 0 Å². The first-order valence-electron chi connectivity index (χ1n) is 5.68. The van der Waals surface area contributed by atoms with E-state index in [0.717, 1.165) is 22.4 Å². The summed E-state index contributed by atoms with van der Waals surface area (Å²) in [5.41, 5.74) is 2.64. The fourth-order valence-electron chi connectivity index (χ4n) is 2.37. The highest BCUT2D eigenvalue weighted by Gasteiger charge is 2.13. The monoisotopic (exact) mass is 240 g/mol. The van der Waals surface area contributed by atoms with Crippen LogP contribution < -0.4 is 10.9 Å². The van der Waals surface area contributed by atoms with Crippen molar-refractivity contribution in [1.29, 1.82) is 0 Å². The summed E-state index contributed by atoms with van der Waals surface area (Å²) in [5, 5.41) is 0. The normalized spacial score (nSPS) is 11.2. The maximum absolute atomic E-state index is 11.5. The van der Waals surface area contributed by atoms with E-state index in [4.69, 9.17) is 0 Å². The van der Waals surface area contributed by atoms with Gasteiger partial charge in [0.2, 0.25) is 10.9 Å². The minimum absolute atomic E-state index is 0.464. The highest BCUT2D eigenvalue weighted by atomic mass is 16.2. The first-order valence-corrected chi connectivity index (χ1v) is 5.68. The number of hydrogen-bond acceptors (Lipinski definition) is 2. The van der Waals surface area contributed by atoms with Crippen molar-refractivity contribution >= 4 is 11.0 Å². The van der Waals surface area contributed by atoms with Crippen LogP contribution in [0.4, 0.5) is 0 Å². The molecule has 0 aromatic heterocycles. The number of nitrogens with zero attached hydrogens (tertiary/aromatic N) is 2. The summed E-state index contributed by atoms with van der Waals surface area (Å²) in [6, 6.07) is 10.7. The molecule has 1 heterocycles. The van der Waals surface area contributed by atoms with Crippen LogP contribution in [0.2, 0.25) is 0 Å². The van der Waals surface area contributed by atoms with Crippen molar-refractivity contribution in [3.63, 3.8) is 0 Å². The lowest BCUT2D eigenvalue weighted by Crippen LogP contribution is -2.25. The maximum Gasteiger partial charge on any atom is 0.227 e. The second kappa shape index (κ2) is 3.57. The molecule has 0 atom stereocenters. The first kappa shape index (κ1) is 10.8. The van der Waals surface area contributed by atoms with E-state index in [9.17, 15) is 9.59 Å². The second-order valence-corrected chi connectivity index (χ2v) is 4.39. The molecule has 0 saturated carbocycles. The van der Waals surface area contributed by atoms with Crippen LogP contribution in [-0.2, 0) is 14.1 Å². The molecule has 0 fully saturated rings. The molecule has 4 nitrogen and oxygen atoms in total. The predicted octanol–water partition coefficient (Wildman–Crippen LogP) is 1.34. The smallest absolute Gasteiger partial charge is 0.227 e. The summed E-state index contributed by atoms with van der Waals surface area (Å²) in [6.07, 6.45) is 0. The van der Waals surface area contributed by atoms with E-state index in [1.165, 1.54) is 12.1 Å². The van der Waals surface area contributed by atoms with Crippen LogP contribution >= 0.6 is 0 Å². The molecule has 4 heteroatoms. The topological polar surface area (TPSA) is 44.0 Å². The molecule has 1 aromatic rings. The molecular weight excluding hydrogens is 228 g/mol. The molecule has 2 aliphatic rings. The Balaban J connectivity index is 2.67. The van der Waals surface area contributed by atoms with E-state index in [2.05, 4.69) is 0 Å². The van der Waals surface area contributed by atoms with Crippen molar-refractivity contribution in [3.8, 4) is 11.4 Å². The van der Waals surface area contributed by atoms with E-state index in [1.807, 2.05) is 47.5 Å². The van der Waals surface area contributed by atoms with Crippen molar-refractivity contribution in [2.75, 3.05) is 0 Å². The zero-order valence-electron chi connectivity index (χ0n) is 10.2. The van der Waals surface area contributed by atoms with Gasteiger partial charge in [-0.15, -0.1) is 0 Å². The van der Waals surface area contributed by atoms with Crippen molar-refractivity contribution in [2.24, 2.45) is 14.1 Å². The van der Waals surface area contributed by atoms with Crippen LogP contribution in [0.3, 0.4) is 0 Å². The molecular formula is C14H12N2O2. The number of fused-ring (bicyclic) bond motifs is 2. The number of aromatic nitrogens is 2. The Morgan fingerprint density at radius 2 is 1.17 bits per heavy atom. The minimum atomic E-state index is -0.464. The van der Waals surface area contributed by atoms with Crippen LogP contribution in [0, 0.1) is 0 Å². The van der Waals surface area contributed by atoms with E-state index in [1.54, 1.807) is 0 Å². The van der Waals surface area contributed by atoms with Crippen molar-refractivity contribution in [1.82, 2.24) is 9.13 Å². The lowest BCUT2D eigenvalue weighted by atomic mass is 10.1. The maximum atomic E-state index is 11.5. The van der Waals surface area contributed by atoms with Gasteiger partial charge < -0.3 is 9.13 Å². The zero-order chi connectivity index (χ0) is 12.9. The molecule has 0 N–H and O–H groups in total. The standard InChI is InChI=1S/C14H12N2O2/c1-15-9-5-3-4-6-10(9)16(2)12-8-14(18)13(17)7-11(12)15/h3-8H,1-2H3. The van der Waals surface area contributed by atoms with E-state index < -0.39 is 10.9 Å². The van der Waals surface area contributed by atoms with Crippen LogP contribution in [-0.4, -0.2) is 9.13 Å². The van der Waals surface area contributed by atoms with Gasteiger partial charge in [0.05, 0.1) is 22.4 Å². The van der Waals surface area contributed by atoms with Gasteiger partial charge >= 0.3 is 0 Å². The number of benzene rings is 2. The van der Waals surface area contributed by atoms with Gasteiger partial charge in [-0.25, -0.2) is 0 Å². The van der Waals surface area contributed by atoms with Gasteiger partial charge in [-0.3, -0.25) is 9.59 Å². The van der Waals surface area contributed by atoms with Gasteiger partial charge in [-0.05, 0) is 12.1 Å². The van der Waals surface area contributed by atoms with Crippen molar-refractivity contribution < 1.29 is 0 Å². The highest BCUT2D eigenvalue weighted by molar-refractivity contribution is 5.81. The fourth-order valence-corrected chi connectivity index (χ4v) is 2.37. The lowest BCUT2D eigenvalue weighted by molar-refractivity contribution is 0.873. The van der Waals surface area contributed by atoms with Crippen molar-refractivity contribution in [2.45, 2.75) is 0 Å². The largest absolute Gasteiger partial charge is 0.341 e. The number of aryl methyl sites for hydroxylation is 2. The van der Waals surface area contributed by atoms with Crippen LogP contribution in [0.15, 0.2) is 46.0 Å². The van der Waals surface area contributed by atoms with Gasteiger partial charge in [0.25, 0.3) is 0 Å². The Morgan fingerprint density at radius 3 is 1.56 bits per heavy atom. The Kier molecular flexibility index (Phi) is 2.13. The van der Waals surface area contributed by atoms with Crippen LogP contribution in [0.25, 0.3) is 22.4 Å².